The summed E-state index contributed by atoms with van der Waals surface area (Å²) in [4.78, 5) is 43.5. The largest absolute Gasteiger partial charge is 0.493 e. The van der Waals surface area contributed by atoms with Gasteiger partial charge in [0, 0.05) is 97.0 Å². The number of para-hydroxylation sites is 14. The van der Waals surface area contributed by atoms with Crippen LogP contribution in [0.1, 0.15) is 24.0 Å². The lowest BCUT2D eigenvalue weighted by atomic mass is 10.1. The van der Waals surface area contributed by atoms with Gasteiger partial charge in [0.1, 0.15) is 48.2 Å². The highest BCUT2D eigenvalue weighted by atomic mass is 32.2. The summed E-state index contributed by atoms with van der Waals surface area (Å²) in [5, 5.41) is 12.2. The lowest BCUT2D eigenvalue weighted by molar-refractivity contribution is 0.171. The summed E-state index contributed by atoms with van der Waals surface area (Å²) in [5.74, 6) is 10.8. The van der Waals surface area contributed by atoms with Crippen molar-refractivity contribution in [3.63, 3.8) is 0 Å². The van der Waals surface area contributed by atoms with Gasteiger partial charge in [-0.1, -0.05) is 224 Å². The molecule has 0 spiro atoms. The van der Waals surface area contributed by atoms with Crippen LogP contribution in [-0.2, 0) is 12.8 Å². The normalized spacial score (nSPS) is 12.8. The molecule has 0 unspecified atom stereocenters. The van der Waals surface area contributed by atoms with Gasteiger partial charge in [-0.15, -0.1) is 34.9 Å². The van der Waals surface area contributed by atoms with Crippen LogP contribution < -0.4 is 64.2 Å². The Hall–Kier alpha value is -15.0. The Morgan fingerprint density at radius 2 is 0.733 bits per heavy atom. The van der Waals surface area contributed by atoms with E-state index in [4.69, 9.17) is 51.5 Å². The van der Waals surface area contributed by atoms with Crippen molar-refractivity contribution in [2.24, 2.45) is 0 Å². The average molecular weight is 1800 g/mol. The Bertz CT molecular complexity index is 6050. The summed E-state index contributed by atoms with van der Waals surface area (Å²) < 4.78 is 58.9. The minimum absolute atomic E-state index is 0.00634. The number of rotatable bonds is 0. The first kappa shape index (κ1) is 92.2. The molecule has 14 aromatic carbocycles. The molecule has 660 valence electrons. The van der Waals surface area contributed by atoms with Crippen molar-refractivity contribution in [1.82, 2.24) is 9.97 Å². The summed E-state index contributed by atoms with van der Waals surface area (Å²) in [6.07, 6.45) is 11.0. The van der Waals surface area contributed by atoms with Crippen molar-refractivity contribution in [2.75, 3.05) is 76.4 Å². The molecule has 0 saturated carbocycles. The molecule has 0 bridgehead atoms. The van der Waals surface area contributed by atoms with E-state index in [1.807, 2.05) is 278 Å². The molecular weight excluding hydrogens is 1700 g/mol. The summed E-state index contributed by atoms with van der Waals surface area (Å²) >= 11 is 5.53. The number of hydrogen-bond donors (Lipinski definition) is 2. The molecule has 7 aliphatic rings. The van der Waals surface area contributed by atoms with Crippen molar-refractivity contribution >= 4 is 105 Å². The lowest BCUT2D eigenvalue weighted by Gasteiger charge is -2.17. The molecule has 7 aliphatic heterocycles. The molecule has 131 heavy (non-hydrogen) atoms. The smallest absolute Gasteiger partial charge is 0.231 e. The number of ether oxygens (including phenoxy) is 9. The molecule has 12 heterocycles. The van der Waals surface area contributed by atoms with Crippen LogP contribution >= 0.6 is 34.9 Å². The molecular formula is C111H99N3O14S3. The SMILES string of the molecule is O=c1cc[nH]c2ccccc12.O=c1ccoc2ccccc12.O=c1ccsc2ccccc12.c1ccc2c(c1)CCCO2.c1ccc2c(c1)CCO2.c1ccc2c(c1)NCCO2.c1ccc2c(c1)OCCCO2.c1ccc2c(c1)OCCO2.c1ccc2c(c1)OCO2.c1ccc2c(c1)SCCS2.c1ccc2ccccc2c1.c1ccc2ncccc2c1.c1ccc2occc2c1. The summed E-state index contributed by atoms with van der Waals surface area (Å²) in [6.45, 7) is 6.64. The monoisotopic (exact) mass is 1790 g/mol. The van der Waals surface area contributed by atoms with Crippen LogP contribution in [0.2, 0.25) is 0 Å². The van der Waals surface area contributed by atoms with Crippen LogP contribution in [0.4, 0.5) is 5.69 Å². The number of aromatic amines is 1. The fourth-order valence-corrected chi connectivity index (χ4v) is 16.7. The van der Waals surface area contributed by atoms with Crippen molar-refractivity contribution in [2.45, 2.75) is 35.5 Å². The molecule has 19 aromatic rings. The highest BCUT2D eigenvalue weighted by molar-refractivity contribution is 8.05. The summed E-state index contributed by atoms with van der Waals surface area (Å²) in [5.41, 5.74) is 7.54. The number of benzene rings is 14. The van der Waals surface area contributed by atoms with Gasteiger partial charge in [-0.25, -0.2) is 0 Å². The Morgan fingerprint density at radius 1 is 0.298 bits per heavy atom. The fourth-order valence-electron chi connectivity index (χ4n) is 13.7. The van der Waals surface area contributed by atoms with Gasteiger partial charge in [-0.05, 0) is 180 Å². The number of anilines is 1. The van der Waals surface area contributed by atoms with Gasteiger partial charge in [0.05, 0.1) is 55.5 Å². The minimum atomic E-state index is 0.00634. The zero-order valence-corrected chi connectivity index (χ0v) is 74.6. The Kier molecular flexibility index (Phi) is 36.0. The maximum absolute atomic E-state index is 11.2. The van der Waals surface area contributed by atoms with E-state index in [0.29, 0.717) is 31.0 Å². The van der Waals surface area contributed by atoms with E-state index in [-0.39, 0.29) is 16.3 Å². The van der Waals surface area contributed by atoms with Gasteiger partial charge in [-0.3, -0.25) is 19.4 Å². The van der Waals surface area contributed by atoms with Gasteiger partial charge in [0.2, 0.25) is 6.79 Å². The summed E-state index contributed by atoms with van der Waals surface area (Å²) in [6, 6.07) is 122. The van der Waals surface area contributed by atoms with E-state index in [9.17, 15) is 14.4 Å². The van der Waals surface area contributed by atoms with Crippen LogP contribution in [0.3, 0.4) is 0 Å². The predicted molar refractivity (Wildman–Crippen MR) is 533 cm³/mol. The molecule has 0 saturated heterocycles. The van der Waals surface area contributed by atoms with Crippen LogP contribution in [0, 0.1) is 0 Å². The second kappa shape index (κ2) is 51.1. The maximum Gasteiger partial charge on any atom is 0.231 e. The number of thioether (sulfide) groups is 2. The quantitative estimate of drug-likeness (QED) is 0.145. The van der Waals surface area contributed by atoms with E-state index in [0.717, 1.165) is 154 Å². The zero-order chi connectivity index (χ0) is 89.7. The van der Waals surface area contributed by atoms with E-state index in [1.54, 1.807) is 42.0 Å². The van der Waals surface area contributed by atoms with E-state index < -0.39 is 0 Å². The maximum atomic E-state index is 11.2. The summed E-state index contributed by atoms with van der Waals surface area (Å²) in [7, 11) is 0. The van der Waals surface area contributed by atoms with Gasteiger partial charge in [0.15, 0.2) is 50.8 Å². The average Bonchev–Trinajstić information content (AvgIpc) is 1.78. The number of H-pyrrole nitrogens is 1. The van der Waals surface area contributed by atoms with E-state index in [1.165, 1.54) is 73.4 Å². The van der Waals surface area contributed by atoms with Crippen molar-refractivity contribution < 1.29 is 51.5 Å². The van der Waals surface area contributed by atoms with Gasteiger partial charge in [0.25, 0.3) is 0 Å². The third-order valence-corrected chi connectivity index (χ3v) is 23.6. The molecule has 0 atom stereocenters. The molecule has 0 aliphatic carbocycles. The van der Waals surface area contributed by atoms with E-state index >= 15 is 0 Å². The molecule has 0 radical (unpaired) electrons. The molecule has 0 fully saturated rings. The van der Waals surface area contributed by atoms with Gasteiger partial charge in [-0.2, -0.15) is 0 Å². The molecule has 17 nitrogen and oxygen atoms in total. The van der Waals surface area contributed by atoms with Gasteiger partial charge >= 0.3 is 0 Å². The van der Waals surface area contributed by atoms with Crippen molar-refractivity contribution in [3.8, 4) is 51.7 Å². The Balaban J connectivity index is 0.000000114. The first-order chi connectivity index (χ1) is 64.8. The topological polar surface area (TPSA) is 201 Å². The zero-order valence-electron chi connectivity index (χ0n) is 72.2. The molecule has 26 rings (SSSR count). The molecule has 5 aromatic heterocycles. The Labute approximate surface area is 773 Å². The first-order valence-corrected chi connectivity index (χ1v) is 46.1. The third kappa shape index (κ3) is 28.8. The number of nitrogens with zero attached hydrogens (tertiary/aromatic N) is 1. The predicted octanol–water partition coefficient (Wildman–Crippen LogP) is 25.8. The number of fused-ring (bicyclic) bond motifs is 13. The standard InChI is InChI=1S/C10H8.C9H7NO.C9H7N.C9H10O2.C9H6O2.C9H6OS.C9H10O.C8H9NO.C8H8O2.C8H8O.C8H6O.C8H8S2.C7H6O2/c1-2-6-10-8-4-3-7-9(10)5-1;11-9-5-6-10-8-4-2-1-3-7(8)9;1-2-6-9-8(4-1)5-3-7-10-9;1-2-5-9-8(4-1)10-6-3-7-11-9;2*10-8-5-6-11-9-4-2-1-3-7(8)9;1-2-6-9-8(4-1)5-3-7-10-9;2*1-2-4-8-7(3-1)9-5-6-10-8;2*1-2-4-8-7(3-1)5-6-9-8;1-2-4-8-7(3-1)9-5-6-10-8;1-2-4-7-6(3-1)8-5-9-7/h1-8H;1-6H,(H,10,11);1-7H;1-2,4-5H,3,6-7H2;2*1-6H;1-2,4,6H,3,5,7H2;1-4,9H,5-6H2;1-4H,5-6H2;1-4H,5-6H2;1-6H;1-4H,5-6H2;1-4H,5H2. The Morgan fingerprint density at radius 3 is 1.32 bits per heavy atom. The van der Waals surface area contributed by atoms with Crippen molar-refractivity contribution in [1.29, 1.82) is 0 Å². The number of pyridine rings is 2. The van der Waals surface area contributed by atoms with Crippen LogP contribution in [0.5, 0.6) is 51.7 Å². The fraction of sp³-hybridized carbons (Fsp3) is 0.135. The van der Waals surface area contributed by atoms with E-state index in [2.05, 4.69) is 118 Å². The van der Waals surface area contributed by atoms with Crippen molar-refractivity contribution in [3.05, 3.63) is 448 Å². The highest BCUT2D eigenvalue weighted by Gasteiger charge is 2.14. The number of nitrogens with one attached hydrogen (secondary N) is 2. The van der Waals surface area contributed by atoms with Crippen LogP contribution in [0.25, 0.3) is 64.6 Å². The van der Waals surface area contributed by atoms with Crippen LogP contribution in [0.15, 0.2) is 439 Å². The number of aryl methyl sites for hydroxylation is 1. The lowest BCUT2D eigenvalue weighted by Crippen LogP contribution is -2.17. The molecule has 2 N–H and O–H groups in total. The highest BCUT2D eigenvalue weighted by Crippen LogP contribution is 2.37. The number of aromatic nitrogens is 2. The van der Waals surface area contributed by atoms with Crippen LogP contribution in [-0.4, -0.2) is 81.1 Å². The number of hydrogen-bond acceptors (Lipinski definition) is 19. The number of furan rings is 1. The first-order valence-electron chi connectivity index (χ1n) is 43.2. The second-order valence-electron chi connectivity index (χ2n) is 29.1. The minimum Gasteiger partial charge on any atom is -0.493 e. The third-order valence-electron chi connectivity index (χ3n) is 20.1. The second-order valence-corrected chi connectivity index (χ2v) is 32.3. The molecule has 20 heteroatoms. The van der Waals surface area contributed by atoms with Gasteiger partial charge < -0.3 is 61.8 Å². The molecule has 0 amide bonds.